The van der Waals surface area contributed by atoms with E-state index >= 15 is 0 Å². The number of rotatable bonds is 5. The Hall–Kier alpha value is -2.16. The fraction of sp³-hybridized carbons (Fsp3) is 0.385. The van der Waals surface area contributed by atoms with E-state index in [0.29, 0.717) is 12.2 Å². The predicted octanol–water partition coefficient (Wildman–Crippen LogP) is 1.50. The van der Waals surface area contributed by atoms with Crippen molar-refractivity contribution in [2.24, 2.45) is 7.05 Å². The zero-order valence-corrected chi connectivity index (χ0v) is 14.0. The van der Waals surface area contributed by atoms with Crippen LogP contribution in [0.5, 0.6) is 0 Å². The Kier molecular flexibility index (Phi) is 4.96. The number of nitrogens with zero attached hydrogens (tertiary/aromatic N) is 4. The predicted molar refractivity (Wildman–Crippen MR) is 82.5 cm³/mol. The van der Waals surface area contributed by atoms with Crippen LogP contribution in [0.2, 0.25) is 0 Å². The Morgan fingerprint density at radius 1 is 1.36 bits per heavy atom. The molecule has 2 aromatic rings. The van der Waals surface area contributed by atoms with Gasteiger partial charge in [-0.3, -0.25) is 14.2 Å². The fourth-order valence-corrected chi connectivity index (χ4v) is 2.18. The minimum absolute atomic E-state index is 0.0797. The summed E-state index contributed by atoms with van der Waals surface area (Å²) in [7, 11) is 2.92. The summed E-state index contributed by atoms with van der Waals surface area (Å²) in [4.78, 5) is 23.6. The van der Waals surface area contributed by atoms with Crippen molar-refractivity contribution in [3.63, 3.8) is 0 Å². The summed E-state index contributed by atoms with van der Waals surface area (Å²) in [5.41, 5.74) is 1.27. The van der Waals surface area contributed by atoms with Gasteiger partial charge in [0.15, 0.2) is 5.69 Å². The number of aryl methyl sites for hydroxylation is 3. The van der Waals surface area contributed by atoms with Gasteiger partial charge in [-0.05, 0) is 22.9 Å². The maximum absolute atomic E-state index is 12.0. The third-order valence-electron chi connectivity index (χ3n) is 2.94. The molecule has 118 valence electrons. The summed E-state index contributed by atoms with van der Waals surface area (Å²) in [6.07, 6.45) is 3.59. The van der Waals surface area contributed by atoms with E-state index in [1.165, 1.54) is 11.8 Å². The number of amides is 1. The van der Waals surface area contributed by atoms with Crippen LogP contribution in [0.3, 0.4) is 0 Å². The average molecular weight is 370 g/mol. The van der Waals surface area contributed by atoms with Gasteiger partial charge >= 0.3 is 5.97 Å². The first kappa shape index (κ1) is 16.2. The van der Waals surface area contributed by atoms with E-state index in [2.05, 4.69) is 36.2 Å². The largest absolute Gasteiger partial charge is 0.464 e. The van der Waals surface area contributed by atoms with Crippen LogP contribution in [0.15, 0.2) is 16.9 Å². The molecule has 0 aromatic carbocycles. The van der Waals surface area contributed by atoms with Gasteiger partial charge < -0.3 is 10.1 Å². The van der Waals surface area contributed by atoms with E-state index in [9.17, 15) is 9.59 Å². The Balaban J connectivity index is 1.99. The molecule has 0 aliphatic heterocycles. The number of aromatic nitrogens is 4. The van der Waals surface area contributed by atoms with E-state index in [1.54, 1.807) is 17.9 Å². The standard InChI is InChI=1S/C13H16BrN5O3/c1-8-9(14)6-19(16-8)5-4-11(20)15-10-7-18(2)17-12(10)13(21)22-3/h6-7H,4-5H2,1-3H3,(H,15,20). The third-order valence-corrected chi connectivity index (χ3v) is 3.71. The molecule has 2 rings (SSSR count). The van der Waals surface area contributed by atoms with Gasteiger partial charge in [0.1, 0.15) is 0 Å². The topological polar surface area (TPSA) is 91.0 Å². The van der Waals surface area contributed by atoms with Gasteiger partial charge in [-0.25, -0.2) is 4.79 Å². The molecule has 22 heavy (non-hydrogen) atoms. The van der Waals surface area contributed by atoms with Gasteiger partial charge in [-0.1, -0.05) is 0 Å². The highest BCUT2D eigenvalue weighted by molar-refractivity contribution is 9.10. The van der Waals surface area contributed by atoms with Crippen molar-refractivity contribution in [3.8, 4) is 0 Å². The third kappa shape index (κ3) is 3.73. The van der Waals surface area contributed by atoms with Gasteiger partial charge in [-0.15, -0.1) is 0 Å². The van der Waals surface area contributed by atoms with E-state index in [-0.39, 0.29) is 18.0 Å². The van der Waals surface area contributed by atoms with Crippen molar-refractivity contribution >= 4 is 33.5 Å². The number of nitrogens with one attached hydrogen (secondary N) is 1. The van der Waals surface area contributed by atoms with E-state index in [4.69, 9.17) is 0 Å². The molecule has 0 bridgehead atoms. The molecule has 1 N–H and O–H groups in total. The van der Waals surface area contributed by atoms with Gasteiger partial charge in [0, 0.05) is 32.4 Å². The molecule has 0 spiro atoms. The van der Waals surface area contributed by atoms with Gasteiger partial charge in [0.2, 0.25) is 5.91 Å². The van der Waals surface area contributed by atoms with Crippen LogP contribution in [0.4, 0.5) is 5.69 Å². The minimum Gasteiger partial charge on any atom is -0.464 e. The number of hydrogen-bond donors (Lipinski definition) is 1. The molecule has 2 aromatic heterocycles. The number of carbonyl (C=O) groups excluding carboxylic acids is 2. The Morgan fingerprint density at radius 3 is 2.68 bits per heavy atom. The van der Waals surface area contributed by atoms with Gasteiger partial charge in [-0.2, -0.15) is 10.2 Å². The highest BCUT2D eigenvalue weighted by Crippen LogP contribution is 2.15. The normalized spacial score (nSPS) is 10.5. The number of halogens is 1. The van der Waals surface area contributed by atoms with Crippen LogP contribution in [0.1, 0.15) is 22.6 Å². The lowest BCUT2D eigenvalue weighted by Crippen LogP contribution is -2.16. The maximum atomic E-state index is 12.0. The highest BCUT2D eigenvalue weighted by atomic mass is 79.9. The Morgan fingerprint density at radius 2 is 2.09 bits per heavy atom. The first-order chi connectivity index (χ1) is 10.4. The molecule has 0 radical (unpaired) electrons. The molecule has 1 amide bonds. The molecule has 9 heteroatoms. The fourth-order valence-electron chi connectivity index (χ4n) is 1.86. The van der Waals surface area contributed by atoms with E-state index in [0.717, 1.165) is 10.2 Å². The van der Waals surface area contributed by atoms with Gasteiger partial charge in [0.05, 0.1) is 23.0 Å². The molecule has 0 fully saturated rings. The second kappa shape index (κ2) is 6.73. The first-order valence-corrected chi connectivity index (χ1v) is 7.31. The highest BCUT2D eigenvalue weighted by Gasteiger charge is 2.18. The number of esters is 1. The lowest BCUT2D eigenvalue weighted by atomic mass is 10.3. The van der Waals surface area contributed by atoms with Crippen molar-refractivity contribution in [2.45, 2.75) is 19.9 Å². The lowest BCUT2D eigenvalue weighted by molar-refractivity contribution is -0.116. The van der Waals surface area contributed by atoms with Crippen LogP contribution < -0.4 is 5.32 Å². The van der Waals surface area contributed by atoms with Crippen LogP contribution in [0.25, 0.3) is 0 Å². The molecule has 0 atom stereocenters. The summed E-state index contributed by atoms with van der Waals surface area (Å²) in [5.74, 6) is -0.829. The number of carbonyl (C=O) groups is 2. The molecule has 0 saturated carbocycles. The van der Waals surface area contributed by atoms with E-state index in [1.807, 2.05) is 13.1 Å². The van der Waals surface area contributed by atoms with Crippen molar-refractivity contribution in [1.82, 2.24) is 19.6 Å². The van der Waals surface area contributed by atoms with Crippen LogP contribution >= 0.6 is 15.9 Å². The summed E-state index contributed by atoms with van der Waals surface area (Å²) in [6, 6.07) is 0. The molecule has 0 unspecified atom stereocenters. The van der Waals surface area contributed by atoms with Crippen molar-refractivity contribution in [1.29, 1.82) is 0 Å². The molecule has 2 heterocycles. The molecule has 0 saturated heterocycles. The zero-order chi connectivity index (χ0) is 16.3. The second-order valence-corrected chi connectivity index (χ2v) is 5.53. The summed E-state index contributed by atoms with van der Waals surface area (Å²) < 4.78 is 8.65. The molecular weight excluding hydrogens is 354 g/mol. The monoisotopic (exact) mass is 369 g/mol. The van der Waals surface area contributed by atoms with Crippen molar-refractivity contribution < 1.29 is 14.3 Å². The maximum Gasteiger partial charge on any atom is 0.360 e. The van der Waals surface area contributed by atoms with E-state index < -0.39 is 5.97 Å². The summed E-state index contributed by atoms with van der Waals surface area (Å²) in [6.45, 7) is 2.31. The van der Waals surface area contributed by atoms with Crippen LogP contribution in [-0.2, 0) is 23.1 Å². The van der Waals surface area contributed by atoms with Crippen molar-refractivity contribution in [3.05, 3.63) is 28.3 Å². The zero-order valence-electron chi connectivity index (χ0n) is 12.5. The van der Waals surface area contributed by atoms with Crippen LogP contribution in [-0.4, -0.2) is 38.5 Å². The smallest absolute Gasteiger partial charge is 0.360 e. The SMILES string of the molecule is COC(=O)c1nn(C)cc1NC(=O)CCn1cc(Br)c(C)n1. The minimum atomic E-state index is -0.595. The summed E-state index contributed by atoms with van der Waals surface area (Å²) >= 11 is 3.37. The van der Waals surface area contributed by atoms with Crippen LogP contribution in [0, 0.1) is 6.92 Å². The number of ether oxygens (including phenoxy) is 1. The van der Waals surface area contributed by atoms with Gasteiger partial charge in [0.25, 0.3) is 0 Å². The Labute approximate surface area is 135 Å². The molecular formula is C13H16BrN5O3. The first-order valence-electron chi connectivity index (χ1n) is 6.52. The lowest BCUT2D eigenvalue weighted by Gasteiger charge is -2.04. The molecule has 0 aliphatic carbocycles. The number of hydrogen-bond acceptors (Lipinski definition) is 5. The Bertz CT molecular complexity index is 687. The van der Waals surface area contributed by atoms with Crippen molar-refractivity contribution in [2.75, 3.05) is 12.4 Å². The summed E-state index contributed by atoms with van der Waals surface area (Å²) in [5, 5.41) is 10.9. The number of methoxy groups -OCH3 is 1. The molecule has 8 nitrogen and oxygen atoms in total. The molecule has 0 aliphatic rings. The number of anilines is 1. The average Bonchev–Trinajstić information content (AvgIpc) is 2.99. The quantitative estimate of drug-likeness (QED) is 0.806. The second-order valence-electron chi connectivity index (χ2n) is 4.68.